The fourth-order valence-corrected chi connectivity index (χ4v) is 3.60. The number of imide groups is 1. The smallest absolute Gasteiger partial charge is 0.420 e. The second-order valence-corrected chi connectivity index (χ2v) is 5.62. The summed E-state index contributed by atoms with van der Waals surface area (Å²) < 4.78 is 4.79. The molecule has 106 valence electrons. The predicted octanol–water partition coefficient (Wildman–Crippen LogP) is 3.39. The molecule has 2 amide bonds. The van der Waals surface area contributed by atoms with Gasteiger partial charge in [-0.1, -0.05) is 43.9 Å². The number of carbonyl (C=O) groups is 2. The number of rotatable bonds is 0. The van der Waals surface area contributed by atoms with E-state index in [1.165, 1.54) is 12.0 Å². The fourth-order valence-electron chi connectivity index (χ4n) is 3.60. The van der Waals surface area contributed by atoms with E-state index in [4.69, 9.17) is 4.74 Å². The average Bonchev–Trinajstić information content (AvgIpc) is 2.65. The summed E-state index contributed by atoms with van der Waals surface area (Å²) in [5.41, 5.74) is 1.19. The second-order valence-electron chi connectivity index (χ2n) is 5.62. The second kappa shape index (κ2) is 4.93. The molecule has 0 aromatic heterocycles. The van der Waals surface area contributed by atoms with Gasteiger partial charge < -0.3 is 4.74 Å². The van der Waals surface area contributed by atoms with Crippen LogP contribution in [0.15, 0.2) is 24.3 Å². The maximum atomic E-state index is 12.9. The Morgan fingerprint density at radius 1 is 1.15 bits per heavy atom. The molecule has 1 aromatic rings. The molecular weight excluding hydrogens is 254 g/mol. The Labute approximate surface area is 118 Å². The monoisotopic (exact) mass is 273 g/mol. The van der Waals surface area contributed by atoms with Crippen LogP contribution in [0.3, 0.4) is 0 Å². The van der Waals surface area contributed by atoms with E-state index in [9.17, 15) is 9.59 Å². The molecule has 1 aliphatic heterocycles. The lowest BCUT2D eigenvalue weighted by Crippen LogP contribution is -2.43. The minimum atomic E-state index is -0.580. The normalized spacial score (nSPS) is 20.6. The van der Waals surface area contributed by atoms with Crippen LogP contribution in [0.2, 0.25) is 0 Å². The lowest BCUT2D eigenvalue weighted by Gasteiger charge is -2.26. The summed E-state index contributed by atoms with van der Waals surface area (Å²) in [6.45, 7) is 0. The summed E-state index contributed by atoms with van der Waals surface area (Å²) in [6.07, 6.45) is 5.48. The number of fused-ring (bicyclic) bond motifs is 2. The number of nitrogens with zero attached hydrogens (tertiary/aromatic N) is 1. The number of hydrogen-bond donors (Lipinski definition) is 0. The van der Waals surface area contributed by atoms with Crippen LogP contribution < -0.4 is 4.90 Å². The Hall–Kier alpha value is -1.84. The van der Waals surface area contributed by atoms with E-state index in [0.717, 1.165) is 44.1 Å². The molecule has 0 radical (unpaired) electrons. The number of ether oxygens (including phenoxy) is 1. The first-order chi connectivity index (χ1) is 9.70. The van der Waals surface area contributed by atoms with Crippen molar-refractivity contribution in [2.75, 3.05) is 12.0 Å². The maximum Gasteiger partial charge on any atom is 0.420 e. The van der Waals surface area contributed by atoms with Gasteiger partial charge in [0, 0.05) is 0 Å². The van der Waals surface area contributed by atoms with Crippen molar-refractivity contribution in [1.29, 1.82) is 0 Å². The van der Waals surface area contributed by atoms with E-state index in [2.05, 4.69) is 0 Å². The molecule has 1 heterocycles. The number of benzene rings is 1. The van der Waals surface area contributed by atoms with Crippen molar-refractivity contribution in [3.63, 3.8) is 0 Å². The lowest BCUT2D eigenvalue weighted by molar-refractivity contribution is -0.123. The molecule has 0 N–H and O–H groups in total. The summed E-state index contributed by atoms with van der Waals surface area (Å²) in [5.74, 6) is -0.104. The highest BCUT2D eigenvalue weighted by atomic mass is 16.5. The van der Waals surface area contributed by atoms with Gasteiger partial charge in [0.05, 0.1) is 18.2 Å². The van der Waals surface area contributed by atoms with E-state index in [1.54, 1.807) is 0 Å². The first kappa shape index (κ1) is 13.2. The van der Waals surface area contributed by atoms with E-state index < -0.39 is 11.5 Å². The van der Waals surface area contributed by atoms with Crippen LogP contribution in [0, 0.1) is 0 Å². The summed E-state index contributed by atoms with van der Waals surface area (Å²) in [5, 5.41) is 0. The average molecular weight is 273 g/mol. The third kappa shape index (κ3) is 1.74. The topological polar surface area (TPSA) is 46.6 Å². The lowest BCUT2D eigenvalue weighted by atomic mass is 9.75. The third-order valence-corrected chi connectivity index (χ3v) is 4.59. The molecule has 4 nitrogen and oxygen atoms in total. The summed E-state index contributed by atoms with van der Waals surface area (Å²) >= 11 is 0. The van der Waals surface area contributed by atoms with Crippen molar-refractivity contribution in [2.45, 2.75) is 43.9 Å². The van der Waals surface area contributed by atoms with Crippen LogP contribution in [0.5, 0.6) is 0 Å². The third-order valence-electron chi connectivity index (χ3n) is 4.59. The number of carbonyl (C=O) groups excluding carboxylic acids is 2. The number of hydrogen-bond acceptors (Lipinski definition) is 3. The van der Waals surface area contributed by atoms with Crippen LogP contribution in [0.1, 0.15) is 44.1 Å². The van der Waals surface area contributed by atoms with Crippen molar-refractivity contribution < 1.29 is 14.3 Å². The Kier molecular flexibility index (Phi) is 3.24. The van der Waals surface area contributed by atoms with Gasteiger partial charge in [0.1, 0.15) is 0 Å². The van der Waals surface area contributed by atoms with Crippen LogP contribution in [0.25, 0.3) is 0 Å². The Morgan fingerprint density at radius 2 is 1.80 bits per heavy atom. The van der Waals surface area contributed by atoms with Crippen molar-refractivity contribution in [1.82, 2.24) is 0 Å². The standard InChI is InChI=1S/C16H19NO3/c1-20-15(19)17-13-9-5-4-8-12(13)16(14(17)18)10-6-2-3-7-11-16/h4-5,8-9H,2-3,6-7,10-11H2,1H3. The minimum absolute atomic E-state index is 0.104. The number of methoxy groups -OCH3 is 1. The summed E-state index contributed by atoms with van der Waals surface area (Å²) in [7, 11) is 1.32. The predicted molar refractivity (Wildman–Crippen MR) is 75.7 cm³/mol. The molecule has 1 aromatic carbocycles. The Balaban J connectivity index is 2.12. The molecule has 20 heavy (non-hydrogen) atoms. The first-order valence-electron chi connectivity index (χ1n) is 7.23. The molecule has 1 aliphatic carbocycles. The molecule has 2 aliphatic rings. The van der Waals surface area contributed by atoms with E-state index >= 15 is 0 Å². The summed E-state index contributed by atoms with van der Waals surface area (Å²) in [6, 6.07) is 7.63. The van der Waals surface area contributed by atoms with Gasteiger partial charge in [-0.3, -0.25) is 4.79 Å². The Morgan fingerprint density at radius 3 is 2.45 bits per heavy atom. The van der Waals surface area contributed by atoms with Crippen molar-refractivity contribution >= 4 is 17.7 Å². The fraction of sp³-hybridized carbons (Fsp3) is 0.500. The quantitative estimate of drug-likeness (QED) is 0.728. The van der Waals surface area contributed by atoms with Gasteiger partial charge in [-0.2, -0.15) is 0 Å². The first-order valence-corrected chi connectivity index (χ1v) is 7.23. The zero-order valence-corrected chi connectivity index (χ0v) is 11.7. The molecule has 0 unspecified atom stereocenters. The van der Waals surface area contributed by atoms with Gasteiger partial charge in [-0.25, -0.2) is 9.69 Å². The summed E-state index contributed by atoms with van der Waals surface area (Å²) in [4.78, 5) is 26.1. The van der Waals surface area contributed by atoms with Crippen LogP contribution >= 0.6 is 0 Å². The molecule has 0 saturated heterocycles. The molecule has 4 heteroatoms. The van der Waals surface area contributed by atoms with Gasteiger partial charge in [0.25, 0.3) is 0 Å². The van der Waals surface area contributed by atoms with Gasteiger partial charge >= 0.3 is 6.09 Å². The molecule has 3 rings (SSSR count). The van der Waals surface area contributed by atoms with Gasteiger partial charge in [-0.05, 0) is 24.5 Å². The number of para-hydroxylation sites is 1. The van der Waals surface area contributed by atoms with E-state index in [-0.39, 0.29) is 5.91 Å². The largest absolute Gasteiger partial charge is 0.452 e. The molecule has 1 saturated carbocycles. The number of anilines is 1. The van der Waals surface area contributed by atoms with Crippen molar-refractivity contribution in [3.05, 3.63) is 29.8 Å². The highest BCUT2D eigenvalue weighted by Gasteiger charge is 2.52. The van der Waals surface area contributed by atoms with E-state index in [1.807, 2.05) is 24.3 Å². The van der Waals surface area contributed by atoms with Crippen molar-refractivity contribution in [3.8, 4) is 0 Å². The number of amides is 2. The zero-order chi connectivity index (χ0) is 14.2. The van der Waals surface area contributed by atoms with Gasteiger partial charge in [0.2, 0.25) is 5.91 Å². The highest BCUT2D eigenvalue weighted by molar-refractivity contribution is 6.21. The molecule has 0 atom stereocenters. The molecule has 1 fully saturated rings. The van der Waals surface area contributed by atoms with Gasteiger partial charge in [-0.15, -0.1) is 0 Å². The van der Waals surface area contributed by atoms with Crippen LogP contribution in [-0.2, 0) is 14.9 Å². The zero-order valence-electron chi connectivity index (χ0n) is 11.7. The molecule has 1 spiro atoms. The van der Waals surface area contributed by atoms with Crippen LogP contribution in [-0.4, -0.2) is 19.1 Å². The van der Waals surface area contributed by atoms with Crippen molar-refractivity contribution in [2.24, 2.45) is 0 Å². The molecule has 0 bridgehead atoms. The van der Waals surface area contributed by atoms with E-state index in [0.29, 0.717) is 5.69 Å². The Bertz CT molecular complexity index is 544. The van der Waals surface area contributed by atoms with Gasteiger partial charge in [0.15, 0.2) is 0 Å². The van der Waals surface area contributed by atoms with Crippen LogP contribution in [0.4, 0.5) is 10.5 Å². The molecular formula is C16H19NO3. The highest BCUT2D eigenvalue weighted by Crippen LogP contribution is 2.49. The SMILES string of the molecule is COC(=O)N1C(=O)C2(CCCCCC2)c2ccccc21. The maximum absolute atomic E-state index is 12.9. The minimum Gasteiger partial charge on any atom is -0.452 e.